The lowest BCUT2D eigenvalue weighted by molar-refractivity contribution is -0.121. The first-order chi connectivity index (χ1) is 11.7. The number of nitrogens with zero attached hydrogens (tertiary/aromatic N) is 1. The molecular weight excluding hydrogens is 320 g/mol. The summed E-state index contributed by atoms with van der Waals surface area (Å²) in [4.78, 5) is 16.5. The minimum Gasteiger partial charge on any atom is -0.508 e. The van der Waals surface area contributed by atoms with Crippen molar-refractivity contribution in [2.45, 2.75) is 19.4 Å². The van der Waals surface area contributed by atoms with Gasteiger partial charge in [-0.2, -0.15) is 0 Å². The summed E-state index contributed by atoms with van der Waals surface area (Å²) in [6, 6.07) is 16.9. The molecule has 0 spiro atoms. The number of rotatable bonds is 6. The maximum Gasteiger partial charge on any atom is 0.220 e. The van der Waals surface area contributed by atoms with Crippen LogP contribution in [-0.4, -0.2) is 16.0 Å². The lowest BCUT2D eigenvalue weighted by Crippen LogP contribution is -2.22. The highest BCUT2D eigenvalue weighted by atomic mass is 32.1. The van der Waals surface area contributed by atoms with E-state index in [1.165, 1.54) is 11.3 Å². The van der Waals surface area contributed by atoms with Crippen molar-refractivity contribution in [3.63, 3.8) is 0 Å². The van der Waals surface area contributed by atoms with Gasteiger partial charge in [0.15, 0.2) is 0 Å². The lowest BCUT2D eigenvalue weighted by atomic mass is 10.1. The zero-order chi connectivity index (χ0) is 16.8. The number of aromatic hydroxyl groups is 1. The highest BCUT2D eigenvalue weighted by Crippen LogP contribution is 2.23. The van der Waals surface area contributed by atoms with Crippen molar-refractivity contribution in [3.8, 4) is 17.0 Å². The summed E-state index contributed by atoms with van der Waals surface area (Å²) in [5, 5.41) is 15.1. The normalized spacial score (nSPS) is 10.5. The Bertz CT molecular complexity index is 798. The van der Waals surface area contributed by atoms with Crippen molar-refractivity contribution in [3.05, 3.63) is 70.5 Å². The molecule has 3 aromatic rings. The standard InChI is InChI=1S/C19H18N2O2S/c22-16-9-7-15(8-10-16)17-13-24-19(21-17)12-20-18(23)11-6-14-4-2-1-3-5-14/h1-5,7-10,13,22H,6,11-12H2,(H,20,23). The van der Waals surface area contributed by atoms with Crippen LogP contribution in [0.15, 0.2) is 60.0 Å². The number of hydrogen-bond donors (Lipinski definition) is 2. The first kappa shape index (κ1) is 16.2. The molecule has 0 aliphatic rings. The van der Waals surface area contributed by atoms with Gasteiger partial charge in [-0.25, -0.2) is 4.98 Å². The van der Waals surface area contributed by atoms with Crippen LogP contribution < -0.4 is 5.32 Å². The van der Waals surface area contributed by atoms with Gasteiger partial charge >= 0.3 is 0 Å². The summed E-state index contributed by atoms with van der Waals surface area (Å²) in [7, 11) is 0. The Morgan fingerprint density at radius 2 is 1.83 bits per heavy atom. The van der Waals surface area contributed by atoms with Crippen LogP contribution in [0.1, 0.15) is 17.0 Å². The number of nitrogens with one attached hydrogen (secondary N) is 1. The van der Waals surface area contributed by atoms with Gasteiger partial charge in [0.05, 0.1) is 12.2 Å². The van der Waals surface area contributed by atoms with Crippen molar-refractivity contribution >= 4 is 17.2 Å². The zero-order valence-corrected chi connectivity index (χ0v) is 13.9. The monoisotopic (exact) mass is 338 g/mol. The molecule has 0 bridgehead atoms. The Hall–Kier alpha value is -2.66. The number of phenolic OH excluding ortho intramolecular Hbond substituents is 1. The molecule has 122 valence electrons. The molecule has 0 radical (unpaired) electrons. The topological polar surface area (TPSA) is 62.2 Å². The summed E-state index contributed by atoms with van der Waals surface area (Å²) in [6.07, 6.45) is 1.21. The third kappa shape index (κ3) is 4.43. The third-order valence-corrected chi connectivity index (χ3v) is 4.48. The molecule has 2 N–H and O–H groups in total. The highest BCUT2D eigenvalue weighted by Gasteiger charge is 2.07. The van der Waals surface area contributed by atoms with Gasteiger partial charge in [0.1, 0.15) is 10.8 Å². The molecule has 4 nitrogen and oxygen atoms in total. The average Bonchev–Trinajstić information content (AvgIpc) is 3.09. The predicted molar refractivity (Wildman–Crippen MR) is 95.8 cm³/mol. The van der Waals surface area contributed by atoms with Crippen molar-refractivity contribution < 1.29 is 9.90 Å². The van der Waals surface area contributed by atoms with Crippen LogP contribution in [0.25, 0.3) is 11.3 Å². The molecule has 3 rings (SSSR count). The van der Waals surface area contributed by atoms with E-state index in [9.17, 15) is 9.90 Å². The molecule has 0 aliphatic carbocycles. The van der Waals surface area contributed by atoms with Gasteiger partial charge in [-0.15, -0.1) is 11.3 Å². The number of thiazole rings is 1. The molecule has 0 atom stereocenters. The highest BCUT2D eigenvalue weighted by molar-refractivity contribution is 7.09. The van der Waals surface area contributed by atoms with Crippen molar-refractivity contribution in [1.82, 2.24) is 10.3 Å². The number of carbonyl (C=O) groups excluding carboxylic acids is 1. The molecule has 0 saturated heterocycles. The van der Waals surface area contributed by atoms with Crippen molar-refractivity contribution in [2.75, 3.05) is 0 Å². The summed E-state index contributed by atoms with van der Waals surface area (Å²) < 4.78 is 0. The van der Waals surface area contributed by atoms with Crippen LogP contribution in [0.2, 0.25) is 0 Å². The summed E-state index contributed by atoms with van der Waals surface area (Å²) in [5.41, 5.74) is 2.97. The minimum atomic E-state index is 0.0280. The van der Waals surface area contributed by atoms with Gasteiger partial charge in [-0.3, -0.25) is 4.79 Å². The molecule has 1 heterocycles. The molecule has 0 saturated carbocycles. The number of hydrogen-bond acceptors (Lipinski definition) is 4. The Balaban J connectivity index is 1.50. The predicted octanol–water partition coefficient (Wildman–Crippen LogP) is 3.76. The fraction of sp³-hybridized carbons (Fsp3) is 0.158. The number of aryl methyl sites for hydroxylation is 1. The Labute approximate surface area is 144 Å². The molecule has 1 aromatic heterocycles. The molecule has 1 amide bonds. The number of benzene rings is 2. The number of carbonyl (C=O) groups is 1. The van der Waals surface area contributed by atoms with E-state index in [2.05, 4.69) is 10.3 Å². The molecule has 0 aliphatic heterocycles. The maximum atomic E-state index is 11.9. The van der Waals surface area contributed by atoms with Crippen LogP contribution in [0.5, 0.6) is 5.75 Å². The van der Waals surface area contributed by atoms with Gasteiger partial charge < -0.3 is 10.4 Å². The Morgan fingerprint density at radius 1 is 1.08 bits per heavy atom. The second-order valence-electron chi connectivity index (χ2n) is 5.44. The van der Waals surface area contributed by atoms with E-state index in [1.807, 2.05) is 47.8 Å². The van der Waals surface area contributed by atoms with E-state index < -0.39 is 0 Å². The fourth-order valence-corrected chi connectivity index (χ4v) is 3.07. The van der Waals surface area contributed by atoms with Crippen molar-refractivity contribution in [2.24, 2.45) is 0 Å². The number of phenols is 1. The van der Waals surface area contributed by atoms with Crippen LogP contribution in [0.4, 0.5) is 0 Å². The fourth-order valence-electron chi connectivity index (χ4n) is 2.32. The first-order valence-electron chi connectivity index (χ1n) is 7.75. The maximum absolute atomic E-state index is 11.9. The molecule has 0 unspecified atom stereocenters. The van der Waals surface area contributed by atoms with Crippen LogP contribution in [0.3, 0.4) is 0 Å². The summed E-state index contributed by atoms with van der Waals surface area (Å²) >= 11 is 1.52. The first-order valence-corrected chi connectivity index (χ1v) is 8.63. The zero-order valence-electron chi connectivity index (χ0n) is 13.1. The van der Waals surface area contributed by atoms with E-state index in [0.717, 1.165) is 28.2 Å². The summed E-state index contributed by atoms with van der Waals surface area (Å²) in [6.45, 7) is 0.441. The Kier molecular flexibility index (Phi) is 5.23. The van der Waals surface area contributed by atoms with Crippen LogP contribution >= 0.6 is 11.3 Å². The van der Waals surface area contributed by atoms with E-state index in [0.29, 0.717) is 13.0 Å². The van der Waals surface area contributed by atoms with Gasteiger partial charge in [0.25, 0.3) is 0 Å². The summed E-state index contributed by atoms with van der Waals surface area (Å²) in [5.74, 6) is 0.264. The van der Waals surface area contributed by atoms with E-state index in [4.69, 9.17) is 0 Å². The lowest BCUT2D eigenvalue weighted by Gasteiger charge is -2.03. The molecular formula is C19H18N2O2S. The van der Waals surface area contributed by atoms with Gasteiger partial charge in [0, 0.05) is 17.4 Å². The largest absolute Gasteiger partial charge is 0.508 e. The SMILES string of the molecule is O=C(CCc1ccccc1)NCc1nc(-c2ccc(O)cc2)cs1. The van der Waals surface area contributed by atoms with E-state index >= 15 is 0 Å². The second kappa shape index (κ2) is 7.75. The second-order valence-corrected chi connectivity index (χ2v) is 6.38. The van der Waals surface area contributed by atoms with E-state index in [1.54, 1.807) is 12.1 Å². The molecule has 24 heavy (non-hydrogen) atoms. The smallest absolute Gasteiger partial charge is 0.220 e. The molecule has 0 fully saturated rings. The van der Waals surface area contributed by atoms with E-state index in [-0.39, 0.29) is 11.7 Å². The molecule has 5 heteroatoms. The van der Waals surface area contributed by atoms with Crippen molar-refractivity contribution in [1.29, 1.82) is 0 Å². The van der Waals surface area contributed by atoms with Gasteiger partial charge in [-0.05, 0) is 36.2 Å². The van der Waals surface area contributed by atoms with Gasteiger partial charge in [0.2, 0.25) is 5.91 Å². The quantitative estimate of drug-likeness (QED) is 0.719. The van der Waals surface area contributed by atoms with Gasteiger partial charge in [-0.1, -0.05) is 30.3 Å². The number of aromatic nitrogens is 1. The van der Waals surface area contributed by atoms with Crippen LogP contribution in [-0.2, 0) is 17.8 Å². The Morgan fingerprint density at radius 3 is 2.58 bits per heavy atom. The van der Waals surface area contributed by atoms with Crippen LogP contribution in [0, 0.1) is 0 Å². The molecule has 2 aromatic carbocycles. The third-order valence-electron chi connectivity index (χ3n) is 3.64. The minimum absolute atomic E-state index is 0.0280. The number of amides is 1. The average molecular weight is 338 g/mol.